The topological polar surface area (TPSA) is 26.5 Å². The number of nitrogens with zero attached hydrogens (tertiary/aromatic N) is 2. The average Bonchev–Trinajstić information content (AvgIpc) is 2.95. The van der Waals surface area contributed by atoms with Crippen LogP contribution in [0.3, 0.4) is 0 Å². The van der Waals surface area contributed by atoms with Gasteiger partial charge in [0.15, 0.2) is 0 Å². The van der Waals surface area contributed by atoms with E-state index in [1.807, 2.05) is 0 Å². The molecule has 0 bridgehead atoms. The molecule has 0 aromatic carbocycles. The average molecular weight is 625 g/mol. The summed E-state index contributed by atoms with van der Waals surface area (Å²) >= 11 is 0.194. The van der Waals surface area contributed by atoms with Gasteiger partial charge in [-0.15, -0.1) is 0 Å². The first-order chi connectivity index (χ1) is 18.6. The molecule has 219 valence electrons. The van der Waals surface area contributed by atoms with Crippen LogP contribution in [0.5, 0.6) is 0 Å². The number of rotatable bonds is 6. The summed E-state index contributed by atoms with van der Waals surface area (Å²) in [5.74, 6) is 2.78. The molecule has 38 heavy (non-hydrogen) atoms. The van der Waals surface area contributed by atoms with E-state index in [9.17, 15) is 0 Å². The van der Waals surface area contributed by atoms with E-state index in [2.05, 4.69) is 32.1 Å². The predicted molar refractivity (Wildman–Crippen MR) is 166 cm³/mol. The quantitative estimate of drug-likeness (QED) is 0.208. The second-order valence-corrected chi connectivity index (χ2v) is 18.8. The minimum absolute atomic E-state index is 0.194. The molecular weight excluding hydrogens is 570 g/mol. The molecular formula is C32H54Cl2FeN2P. The summed E-state index contributed by atoms with van der Waals surface area (Å²) in [5.41, 5.74) is 3.11. The van der Waals surface area contributed by atoms with Gasteiger partial charge in [-0.1, -0.05) is 115 Å². The van der Waals surface area contributed by atoms with Crippen molar-refractivity contribution in [1.29, 1.82) is 0 Å². The van der Waals surface area contributed by atoms with Crippen LogP contribution in [0.2, 0.25) is 0 Å². The van der Waals surface area contributed by atoms with Gasteiger partial charge in [0.1, 0.15) is 0 Å². The Bertz CT molecular complexity index is 780. The van der Waals surface area contributed by atoms with Gasteiger partial charge in [0, 0.05) is 0 Å². The van der Waals surface area contributed by atoms with Gasteiger partial charge in [-0.3, -0.25) is 4.74 Å². The maximum atomic E-state index is 6.32. The molecule has 3 unspecified atom stereocenters. The third-order valence-corrected chi connectivity index (χ3v) is 15.8. The summed E-state index contributed by atoms with van der Waals surface area (Å²) in [7, 11) is 7.90. The van der Waals surface area contributed by atoms with E-state index < -0.39 is 7.05 Å². The normalized spacial score (nSPS) is 32.1. The van der Waals surface area contributed by atoms with Crippen LogP contribution in [0.4, 0.5) is 0 Å². The van der Waals surface area contributed by atoms with Crippen LogP contribution in [-0.2, 0) is 13.1 Å². The van der Waals surface area contributed by atoms with Gasteiger partial charge >= 0.3 is 33.3 Å². The Labute approximate surface area is 250 Å². The third kappa shape index (κ3) is 8.12. The van der Waals surface area contributed by atoms with Crippen molar-refractivity contribution in [3.8, 4) is 0 Å². The molecule has 0 aromatic rings. The number of hydrogen-bond acceptors (Lipinski definition) is 1. The molecule has 0 radical (unpaired) electrons. The van der Waals surface area contributed by atoms with Crippen LogP contribution in [0.15, 0.2) is 28.7 Å². The van der Waals surface area contributed by atoms with Crippen LogP contribution < -0.4 is 0 Å². The second-order valence-electron chi connectivity index (χ2n) is 13.2. The Morgan fingerprint density at radius 3 is 1.79 bits per heavy atom. The van der Waals surface area contributed by atoms with Gasteiger partial charge in [-0.25, -0.2) is 0 Å². The van der Waals surface area contributed by atoms with E-state index >= 15 is 0 Å². The van der Waals surface area contributed by atoms with Gasteiger partial charge in [0.2, 0.25) is 0 Å². The first-order valence-corrected chi connectivity index (χ1v) is 21.1. The first-order valence-electron chi connectivity index (χ1n) is 16.1. The van der Waals surface area contributed by atoms with E-state index in [4.69, 9.17) is 30.3 Å². The van der Waals surface area contributed by atoms with Crippen molar-refractivity contribution in [3.63, 3.8) is 0 Å². The zero-order valence-corrected chi connectivity index (χ0v) is 27.7. The number of hydrogen-bond donors (Lipinski definition) is 0. The zero-order valence-electron chi connectivity index (χ0n) is 24.2. The summed E-state index contributed by atoms with van der Waals surface area (Å²) in [4.78, 5) is 0. The van der Waals surface area contributed by atoms with E-state index in [0.29, 0.717) is 11.8 Å². The van der Waals surface area contributed by atoms with Crippen LogP contribution in [0.25, 0.3) is 5.32 Å². The van der Waals surface area contributed by atoms with Crippen LogP contribution in [0.1, 0.15) is 136 Å². The van der Waals surface area contributed by atoms with Gasteiger partial charge in [0.05, 0.1) is 6.04 Å². The third-order valence-electron chi connectivity index (χ3n) is 10.7. The van der Waals surface area contributed by atoms with Gasteiger partial charge in [-0.05, 0) is 81.1 Å². The van der Waals surface area contributed by atoms with Crippen molar-refractivity contribution in [2.24, 2.45) is 22.5 Å². The van der Waals surface area contributed by atoms with Gasteiger partial charge in [0.25, 0.3) is 0 Å². The molecule has 3 atom stereocenters. The Balaban J connectivity index is 0.00000107. The maximum absolute atomic E-state index is 6.32. The van der Waals surface area contributed by atoms with E-state index in [0.717, 1.165) is 29.1 Å². The summed E-state index contributed by atoms with van der Waals surface area (Å²) in [6.45, 7) is 5.06. The van der Waals surface area contributed by atoms with Gasteiger partial charge in [-0.2, -0.15) is 5.70 Å². The Morgan fingerprint density at radius 2 is 1.26 bits per heavy atom. The monoisotopic (exact) mass is 623 g/mol. The summed E-state index contributed by atoms with van der Waals surface area (Å²) in [6.07, 6.45) is 34.3. The van der Waals surface area contributed by atoms with Crippen molar-refractivity contribution in [2.45, 2.75) is 159 Å². The Morgan fingerprint density at radius 1 is 0.763 bits per heavy atom. The number of halogens is 2. The molecule has 0 amide bonds. The van der Waals surface area contributed by atoms with Crippen LogP contribution in [0, 0.1) is 17.8 Å². The Hall–Kier alpha value is 0.609. The molecule has 4 saturated carbocycles. The fraction of sp³-hybridized carbons (Fsp3) is 0.875. The van der Waals surface area contributed by atoms with Crippen molar-refractivity contribution < 1.29 is 13.1 Å². The van der Waals surface area contributed by atoms with Crippen molar-refractivity contribution >= 4 is 27.3 Å². The molecule has 4 fully saturated rings. The summed E-state index contributed by atoms with van der Waals surface area (Å²) in [5, 5.41) is 5.74. The minimum atomic E-state index is -1.63. The predicted octanol–water partition coefficient (Wildman–Crippen LogP) is 12.2. The fourth-order valence-corrected chi connectivity index (χ4v) is 14.6. The fourth-order valence-electron chi connectivity index (χ4n) is 8.66. The number of allylic oxidation sites excluding steroid dienone is 3. The van der Waals surface area contributed by atoms with Crippen molar-refractivity contribution in [1.82, 2.24) is 0 Å². The standard InChI is InChI=1S/C32H54N2P.2ClH.Fe/c1-25-14-12-15-26(2)32(25)34-35(29-19-8-4-9-20-29,30-21-10-5-11-22-30)31-23-13-18-28(33-31)24-27-16-6-3-7-17-27;;;/h13,18,23,25-27,29-32H,3-12,14-17,19-22,24H2,1-2H3;2*1H;/q-1;;;+3/p-2. The molecule has 1 aliphatic heterocycles. The van der Waals surface area contributed by atoms with Crippen molar-refractivity contribution in [3.05, 3.63) is 29.2 Å². The van der Waals surface area contributed by atoms with Gasteiger partial charge < -0.3 is 5.32 Å². The van der Waals surface area contributed by atoms with E-state index in [1.54, 1.807) is 0 Å². The SMILES string of the molecule is CC1CCCC(C)C1N=P(C1CCCCC1)(C1CCCCC1)C1C=CC=C(CC2CCCCC2)[N-]1.[Cl][Fe+][Cl]. The molecule has 0 spiro atoms. The molecule has 5 rings (SSSR count). The van der Waals surface area contributed by atoms with E-state index in [-0.39, 0.29) is 13.1 Å². The molecule has 0 saturated heterocycles. The molecule has 4 aliphatic carbocycles. The van der Waals surface area contributed by atoms with Crippen LogP contribution in [-0.4, -0.2) is 23.1 Å². The Kier molecular flexibility index (Phi) is 13.5. The molecule has 0 N–H and O–H groups in total. The van der Waals surface area contributed by atoms with Crippen LogP contribution >= 0.6 is 27.3 Å². The van der Waals surface area contributed by atoms with E-state index in [1.165, 1.54) is 128 Å². The molecule has 0 aromatic heterocycles. The molecule has 2 nitrogen and oxygen atoms in total. The second kappa shape index (κ2) is 16.3. The molecule has 5 aliphatic rings. The molecule has 1 heterocycles. The zero-order chi connectivity index (χ0) is 26.8. The molecule has 6 heteroatoms. The summed E-state index contributed by atoms with van der Waals surface area (Å²) in [6, 6.07) is 0.581. The first kappa shape index (κ1) is 31.5. The summed E-state index contributed by atoms with van der Waals surface area (Å²) < 4.78 is 6.32. The van der Waals surface area contributed by atoms with Crippen molar-refractivity contribution in [2.75, 3.05) is 0 Å².